The van der Waals surface area contributed by atoms with Gasteiger partial charge in [0.15, 0.2) is 6.61 Å². The van der Waals surface area contributed by atoms with Gasteiger partial charge in [0.1, 0.15) is 11.5 Å². The molecule has 144 valence electrons. The Balaban J connectivity index is 1.92. The molecule has 27 heavy (non-hydrogen) atoms. The van der Waals surface area contributed by atoms with Crippen LogP contribution in [0.1, 0.15) is 49.8 Å². The van der Waals surface area contributed by atoms with Crippen LogP contribution in [0.2, 0.25) is 0 Å². The first kappa shape index (κ1) is 20.5. The van der Waals surface area contributed by atoms with Gasteiger partial charge in [-0.05, 0) is 48.6 Å². The molecule has 0 aliphatic heterocycles. The SMILES string of the molecule is CCCOc1ccccc1C=NNC(=O)COc1cc(C)ccc1C(C)C. The number of rotatable bonds is 9. The number of carbonyl (C=O) groups is 1. The Morgan fingerprint density at radius 3 is 2.67 bits per heavy atom. The number of ether oxygens (including phenoxy) is 2. The minimum atomic E-state index is -0.311. The van der Waals surface area contributed by atoms with Gasteiger partial charge in [-0.15, -0.1) is 0 Å². The van der Waals surface area contributed by atoms with Gasteiger partial charge in [0.2, 0.25) is 0 Å². The molecule has 0 fully saturated rings. The predicted octanol–water partition coefficient (Wildman–Crippen LogP) is 4.44. The molecule has 2 aromatic carbocycles. The van der Waals surface area contributed by atoms with Gasteiger partial charge in [-0.2, -0.15) is 5.10 Å². The predicted molar refractivity (Wildman–Crippen MR) is 109 cm³/mol. The molecule has 0 aliphatic carbocycles. The Hall–Kier alpha value is -2.82. The van der Waals surface area contributed by atoms with Gasteiger partial charge in [-0.25, -0.2) is 5.43 Å². The summed E-state index contributed by atoms with van der Waals surface area (Å²) >= 11 is 0. The van der Waals surface area contributed by atoms with Crippen molar-refractivity contribution >= 4 is 12.1 Å². The van der Waals surface area contributed by atoms with E-state index < -0.39 is 0 Å². The van der Waals surface area contributed by atoms with Crippen molar-refractivity contribution in [3.8, 4) is 11.5 Å². The molecule has 0 saturated carbocycles. The topological polar surface area (TPSA) is 59.9 Å². The molecular formula is C22H28N2O3. The van der Waals surface area contributed by atoms with Crippen molar-refractivity contribution in [3.05, 3.63) is 59.2 Å². The van der Waals surface area contributed by atoms with E-state index in [9.17, 15) is 4.79 Å². The number of aryl methyl sites for hydroxylation is 1. The van der Waals surface area contributed by atoms with Gasteiger partial charge in [0.25, 0.3) is 5.91 Å². The zero-order valence-corrected chi connectivity index (χ0v) is 16.5. The van der Waals surface area contributed by atoms with Crippen LogP contribution in [0.3, 0.4) is 0 Å². The number of hydrogen-bond donors (Lipinski definition) is 1. The van der Waals surface area contributed by atoms with Gasteiger partial charge in [-0.1, -0.05) is 45.0 Å². The summed E-state index contributed by atoms with van der Waals surface area (Å²) in [6.07, 6.45) is 2.51. The van der Waals surface area contributed by atoms with E-state index in [-0.39, 0.29) is 12.5 Å². The quantitative estimate of drug-likeness (QED) is 0.526. The van der Waals surface area contributed by atoms with Crippen molar-refractivity contribution < 1.29 is 14.3 Å². The standard InChI is InChI=1S/C22H28N2O3/c1-5-12-26-20-9-7-6-8-18(20)14-23-24-22(25)15-27-21-13-17(4)10-11-19(21)16(2)3/h6-11,13-14,16H,5,12,15H2,1-4H3,(H,24,25). The Morgan fingerprint density at radius 2 is 1.93 bits per heavy atom. The molecule has 5 nitrogen and oxygen atoms in total. The van der Waals surface area contributed by atoms with Gasteiger partial charge < -0.3 is 9.47 Å². The molecule has 1 amide bonds. The van der Waals surface area contributed by atoms with E-state index in [2.05, 4.69) is 31.3 Å². The Labute approximate surface area is 161 Å². The van der Waals surface area contributed by atoms with E-state index in [1.165, 1.54) is 0 Å². The largest absolute Gasteiger partial charge is 0.493 e. The van der Waals surface area contributed by atoms with E-state index in [0.717, 1.165) is 34.6 Å². The summed E-state index contributed by atoms with van der Waals surface area (Å²) in [5.41, 5.74) is 5.49. The summed E-state index contributed by atoms with van der Waals surface area (Å²) in [6, 6.07) is 13.6. The van der Waals surface area contributed by atoms with E-state index in [1.807, 2.05) is 49.4 Å². The van der Waals surface area contributed by atoms with Crippen molar-refractivity contribution in [1.29, 1.82) is 0 Å². The molecule has 0 spiro atoms. The first-order chi connectivity index (χ1) is 13.0. The maximum Gasteiger partial charge on any atom is 0.277 e. The average molecular weight is 368 g/mol. The number of carbonyl (C=O) groups excluding carboxylic acids is 1. The third-order valence-corrected chi connectivity index (χ3v) is 3.92. The van der Waals surface area contributed by atoms with E-state index in [0.29, 0.717) is 12.5 Å². The second-order valence-corrected chi connectivity index (χ2v) is 6.66. The minimum Gasteiger partial charge on any atom is -0.493 e. The van der Waals surface area contributed by atoms with Crippen molar-refractivity contribution in [1.82, 2.24) is 5.43 Å². The third kappa shape index (κ3) is 6.44. The zero-order valence-electron chi connectivity index (χ0n) is 16.5. The highest BCUT2D eigenvalue weighted by molar-refractivity contribution is 5.85. The van der Waals surface area contributed by atoms with E-state index in [1.54, 1.807) is 6.21 Å². The number of nitrogens with zero attached hydrogens (tertiary/aromatic N) is 1. The van der Waals surface area contributed by atoms with Crippen LogP contribution in [-0.4, -0.2) is 25.3 Å². The number of para-hydroxylation sites is 1. The van der Waals surface area contributed by atoms with Crippen LogP contribution in [0.15, 0.2) is 47.6 Å². The zero-order chi connectivity index (χ0) is 19.6. The molecule has 0 aromatic heterocycles. The molecule has 1 N–H and O–H groups in total. The molecule has 0 radical (unpaired) electrons. The average Bonchev–Trinajstić information content (AvgIpc) is 2.65. The second-order valence-electron chi connectivity index (χ2n) is 6.66. The molecule has 0 heterocycles. The normalized spacial score (nSPS) is 11.0. The maximum absolute atomic E-state index is 12.0. The summed E-state index contributed by atoms with van der Waals surface area (Å²) in [5, 5.41) is 4.01. The van der Waals surface area contributed by atoms with Crippen LogP contribution in [0.4, 0.5) is 0 Å². The van der Waals surface area contributed by atoms with Crippen molar-refractivity contribution in [2.24, 2.45) is 5.10 Å². The Kier molecular flexibility index (Phi) is 7.86. The lowest BCUT2D eigenvalue weighted by Gasteiger charge is -2.14. The number of nitrogens with one attached hydrogen (secondary N) is 1. The Bertz CT molecular complexity index is 785. The highest BCUT2D eigenvalue weighted by atomic mass is 16.5. The van der Waals surface area contributed by atoms with Crippen LogP contribution < -0.4 is 14.9 Å². The summed E-state index contributed by atoms with van der Waals surface area (Å²) in [5.74, 6) is 1.49. The van der Waals surface area contributed by atoms with Gasteiger partial charge in [0.05, 0.1) is 12.8 Å². The number of benzene rings is 2. The highest BCUT2D eigenvalue weighted by Crippen LogP contribution is 2.27. The fourth-order valence-electron chi connectivity index (χ4n) is 2.52. The van der Waals surface area contributed by atoms with Crippen LogP contribution in [0, 0.1) is 6.92 Å². The molecule has 0 unspecified atom stereocenters. The van der Waals surface area contributed by atoms with Crippen LogP contribution >= 0.6 is 0 Å². The molecular weight excluding hydrogens is 340 g/mol. The first-order valence-electron chi connectivity index (χ1n) is 9.28. The van der Waals surface area contributed by atoms with E-state index >= 15 is 0 Å². The smallest absolute Gasteiger partial charge is 0.277 e. The fourth-order valence-corrected chi connectivity index (χ4v) is 2.52. The number of hydrazone groups is 1. The van der Waals surface area contributed by atoms with Gasteiger partial charge >= 0.3 is 0 Å². The molecule has 0 bridgehead atoms. The van der Waals surface area contributed by atoms with Gasteiger partial charge in [0, 0.05) is 5.56 Å². The maximum atomic E-state index is 12.0. The third-order valence-electron chi connectivity index (χ3n) is 3.92. The van der Waals surface area contributed by atoms with Crippen LogP contribution in [0.5, 0.6) is 11.5 Å². The summed E-state index contributed by atoms with van der Waals surface area (Å²) < 4.78 is 11.4. The van der Waals surface area contributed by atoms with Gasteiger partial charge in [-0.3, -0.25) is 4.79 Å². The number of amides is 1. The fraction of sp³-hybridized carbons (Fsp3) is 0.364. The van der Waals surface area contributed by atoms with Crippen molar-refractivity contribution in [2.45, 2.75) is 40.0 Å². The monoisotopic (exact) mass is 368 g/mol. The first-order valence-corrected chi connectivity index (χ1v) is 9.28. The summed E-state index contributed by atoms with van der Waals surface area (Å²) in [7, 11) is 0. The summed E-state index contributed by atoms with van der Waals surface area (Å²) in [4.78, 5) is 12.0. The number of hydrogen-bond acceptors (Lipinski definition) is 4. The molecule has 5 heteroatoms. The lowest BCUT2D eigenvalue weighted by molar-refractivity contribution is -0.123. The molecule has 0 saturated heterocycles. The van der Waals surface area contributed by atoms with Crippen LogP contribution in [0.25, 0.3) is 0 Å². The Morgan fingerprint density at radius 1 is 1.15 bits per heavy atom. The second kappa shape index (κ2) is 10.4. The summed E-state index contributed by atoms with van der Waals surface area (Å²) in [6.45, 7) is 8.80. The minimum absolute atomic E-state index is 0.0888. The highest BCUT2D eigenvalue weighted by Gasteiger charge is 2.10. The lowest BCUT2D eigenvalue weighted by atomic mass is 10.0. The molecule has 2 aromatic rings. The molecule has 0 aliphatic rings. The lowest BCUT2D eigenvalue weighted by Crippen LogP contribution is -2.25. The van der Waals surface area contributed by atoms with Crippen molar-refractivity contribution in [2.75, 3.05) is 13.2 Å². The molecule has 0 atom stereocenters. The molecule has 2 rings (SSSR count). The van der Waals surface area contributed by atoms with Crippen LogP contribution in [-0.2, 0) is 4.79 Å². The van der Waals surface area contributed by atoms with Crippen molar-refractivity contribution in [3.63, 3.8) is 0 Å². The van der Waals surface area contributed by atoms with E-state index in [4.69, 9.17) is 9.47 Å².